The third-order valence-corrected chi connectivity index (χ3v) is 3.31. The van der Waals surface area contributed by atoms with Gasteiger partial charge in [0.1, 0.15) is 5.56 Å². The molecule has 2 heterocycles. The van der Waals surface area contributed by atoms with Gasteiger partial charge in [0.2, 0.25) is 5.91 Å². The number of carboxylic acid groups (broad SMARTS) is 1. The molecule has 0 spiro atoms. The topological polar surface area (TPSA) is 73.7 Å². The van der Waals surface area contributed by atoms with Gasteiger partial charge in [0.05, 0.1) is 5.69 Å². The van der Waals surface area contributed by atoms with Crippen LogP contribution in [0.15, 0.2) is 18.5 Å². The van der Waals surface area contributed by atoms with E-state index in [0.717, 1.165) is 19.5 Å². The summed E-state index contributed by atoms with van der Waals surface area (Å²) in [6, 6.07) is 1.72. The van der Waals surface area contributed by atoms with Crippen molar-refractivity contribution < 1.29 is 14.7 Å². The molecule has 6 heteroatoms. The maximum atomic E-state index is 11.4. The minimum atomic E-state index is -0.976. The van der Waals surface area contributed by atoms with E-state index < -0.39 is 5.97 Å². The zero-order valence-electron chi connectivity index (χ0n) is 10.9. The van der Waals surface area contributed by atoms with Gasteiger partial charge < -0.3 is 14.9 Å². The number of amides is 1. The molecule has 1 amide bonds. The molecule has 0 unspecified atom stereocenters. The number of hydrogen-bond donors (Lipinski definition) is 1. The minimum absolute atomic E-state index is 0.0648. The molecule has 0 aliphatic carbocycles. The lowest BCUT2D eigenvalue weighted by Gasteiger charge is -2.24. The van der Waals surface area contributed by atoms with Crippen molar-refractivity contribution in [2.24, 2.45) is 0 Å². The predicted octanol–water partition coefficient (Wildman–Crippen LogP) is 0.838. The molecule has 6 nitrogen and oxygen atoms in total. The fourth-order valence-corrected chi connectivity index (χ4v) is 2.30. The summed E-state index contributed by atoms with van der Waals surface area (Å²) in [6.07, 6.45) is 3.79. The first-order valence-corrected chi connectivity index (χ1v) is 6.27. The summed E-state index contributed by atoms with van der Waals surface area (Å²) in [7, 11) is 0. The Morgan fingerprint density at radius 1 is 1.26 bits per heavy atom. The molecule has 1 aliphatic heterocycles. The molecule has 1 aliphatic rings. The SMILES string of the molecule is CC(=O)N1CCCN(c2ccncc2C(=O)O)CC1. The van der Waals surface area contributed by atoms with Crippen LogP contribution in [0.3, 0.4) is 0 Å². The lowest BCUT2D eigenvalue weighted by Crippen LogP contribution is -2.34. The minimum Gasteiger partial charge on any atom is -0.478 e. The summed E-state index contributed by atoms with van der Waals surface area (Å²) in [5.41, 5.74) is 0.881. The lowest BCUT2D eigenvalue weighted by atomic mass is 10.2. The summed E-state index contributed by atoms with van der Waals surface area (Å²) in [5.74, 6) is -0.911. The molecule has 1 N–H and O–H groups in total. The Hall–Kier alpha value is -2.11. The van der Waals surface area contributed by atoms with Crippen LogP contribution in [-0.4, -0.2) is 53.0 Å². The fourth-order valence-electron chi connectivity index (χ4n) is 2.30. The van der Waals surface area contributed by atoms with Crippen LogP contribution in [0, 0.1) is 0 Å². The van der Waals surface area contributed by atoms with Crippen molar-refractivity contribution in [1.82, 2.24) is 9.88 Å². The normalized spacial score (nSPS) is 16.1. The third kappa shape index (κ3) is 3.01. The van der Waals surface area contributed by atoms with Crippen molar-refractivity contribution in [3.05, 3.63) is 24.0 Å². The second kappa shape index (κ2) is 5.69. The van der Waals surface area contributed by atoms with Crippen molar-refractivity contribution in [2.45, 2.75) is 13.3 Å². The predicted molar refractivity (Wildman–Crippen MR) is 70.3 cm³/mol. The Morgan fingerprint density at radius 3 is 2.74 bits per heavy atom. The van der Waals surface area contributed by atoms with E-state index in [-0.39, 0.29) is 11.5 Å². The van der Waals surface area contributed by atoms with E-state index in [0.29, 0.717) is 18.8 Å². The molecule has 2 rings (SSSR count). The molecule has 0 aromatic carbocycles. The number of rotatable bonds is 2. The van der Waals surface area contributed by atoms with Gasteiger partial charge in [-0.25, -0.2) is 4.79 Å². The molecule has 0 bridgehead atoms. The average molecular weight is 263 g/mol. The Labute approximate surface area is 111 Å². The van der Waals surface area contributed by atoms with Crippen molar-refractivity contribution in [3.63, 3.8) is 0 Å². The van der Waals surface area contributed by atoms with Gasteiger partial charge in [-0.1, -0.05) is 0 Å². The van der Waals surface area contributed by atoms with Gasteiger partial charge in [-0.3, -0.25) is 9.78 Å². The lowest BCUT2D eigenvalue weighted by molar-refractivity contribution is -0.128. The number of carboxylic acids is 1. The molecular formula is C13H17N3O3. The third-order valence-electron chi connectivity index (χ3n) is 3.31. The number of anilines is 1. The van der Waals surface area contributed by atoms with Gasteiger partial charge in [-0.05, 0) is 12.5 Å². The summed E-state index contributed by atoms with van der Waals surface area (Å²) < 4.78 is 0. The van der Waals surface area contributed by atoms with Crippen molar-refractivity contribution >= 4 is 17.6 Å². The number of carbonyl (C=O) groups is 2. The number of carbonyl (C=O) groups excluding carboxylic acids is 1. The maximum absolute atomic E-state index is 11.4. The first-order chi connectivity index (χ1) is 9.09. The van der Waals surface area contributed by atoms with E-state index >= 15 is 0 Å². The first kappa shape index (κ1) is 13.3. The zero-order valence-corrected chi connectivity index (χ0v) is 10.9. The van der Waals surface area contributed by atoms with E-state index in [4.69, 9.17) is 0 Å². The van der Waals surface area contributed by atoms with Crippen molar-refractivity contribution in [3.8, 4) is 0 Å². The molecule has 1 fully saturated rings. The quantitative estimate of drug-likeness (QED) is 0.855. The highest BCUT2D eigenvalue weighted by atomic mass is 16.4. The molecule has 1 aromatic rings. The van der Waals surface area contributed by atoms with E-state index in [1.165, 1.54) is 6.20 Å². The van der Waals surface area contributed by atoms with Crippen LogP contribution in [0.1, 0.15) is 23.7 Å². The molecule has 0 saturated carbocycles. The molecular weight excluding hydrogens is 246 g/mol. The van der Waals surface area contributed by atoms with Gasteiger partial charge in [-0.2, -0.15) is 0 Å². The van der Waals surface area contributed by atoms with Crippen LogP contribution in [0.4, 0.5) is 5.69 Å². The second-order valence-corrected chi connectivity index (χ2v) is 4.54. The molecule has 1 aromatic heterocycles. The largest absolute Gasteiger partial charge is 0.478 e. The smallest absolute Gasteiger partial charge is 0.339 e. The van der Waals surface area contributed by atoms with E-state index in [1.807, 2.05) is 4.90 Å². The standard InChI is InChI=1S/C13H17N3O3/c1-10(17)15-5-2-6-16(8-7-15)12-3-4-14-9-11(12)13(18)19/h3-4,9H,2,5-8H2,1H3,(H,18,19). The van der Waals surface area contributed by atoms with Gasteiger partial charge in [-0.15, -0.1) is 0 Å². The highest BCUT2D eigenvalue weighted by Crippen LogP contribution is 2.21. The van der Waals surface area contributed by atoms with Gasteiger partial charge in [0, 0.05) is 45.5 Å². The van der Waals surface area contributed by atoms with Gasteiger partial charge in [0.15, 0.2) is 0 Å². The average Bonchev–Trinajstić information content (AvgIpc) is 2.64. The summed E-state index contributed by atoms with van der Waals surface area (Å²) in [5, 5.41) is 9.18. The van der Waals surface area contributed by atoms with E-state index in [2.05, 4.69) is 4.98 Å². The fraction of sp³-hybridized carbons (Fsp3) is 0.462. The number of aromatic carboxylic acids is 1. The Bertz CT molecular complexity index is 490. The van der Waals surface area contributed by atoms with Gasteiger partial charge in [0.25, 0.3) is 0 Å². The molecule has 19 heavy (non-hydrogen) atoms. The van der Waals surface area contributed by atoms with Crippen LogP contribution >= 0.6 is 0 Å². The Balaban J connectivity index is 2.19. The second-order valence-electron chi connectivity index (χ2n) is 4.54. The van der Waals surface area contributed by atoms with E-state index in [9.17, 15) is 14.7 Å². The van der Waals surface area contributed by atoms with Crippen LogP contribution in [0.5, 0.6) is 0 Å². The maximum Gasteiger partial charge on any atom is 0.339 e. The molecule has 0 radical (unpaired) electrons. The molecule has 1 saturated heterocycles. The van der Waals surface area contributed by atoms with Crippen molar-refractivity contribution in [2.75, 3.05) is 31.1 Å². The van der Waals surface area contributed by atoms with E-state index in [1.54, 1.807) is 24.1 Å². The van der Waals surface area contributed by atoms with Crippen LogP contribution in [0.25, 0.3) is 0 Å². The first-order valence-electron chi connectivity index (χ1n) is 6.27. The van der Waals surface area contributed by atoms with Crippen LogP contribution in [-0.2, 0) is 4.79 Å². The van der Waals surface area contributed by atoms with Crippen LogP contribution < -0.4 is 4.90 Å². The van der Waals surface area contributed by atoms with Crippen LogP contribution in [0.2, 0.25) is 0 Å². The summed E-state index contributed by atoms with van der Waals surface area (Å²) >= 11 is 0. The highest BCUT2D eigenvalue weighted by Gasteiger charge is 2.20. The number of nitrogens with zero attached hydrogens (tertiary/aromatic N) is 3. The number of hydrogen-bond acceptors (Lipinski definition) is 4. The Morgan fingerprint density at radius 2 is 2.05 bits per heavy atom. The zero-order chi connectivity index (χ0) is 13.8. The monoisotopic (exact) mass is 263 g/mol. The number of pyridine rings is 1. The molecule has 0 atom stereocenters. The molecule has 102 valence electrons. The summed E-state index contributed by atoms with van der Waals surface area (Å²) in [4.78, 5) is 30.2. The highest BCUT2D eigenvalue weighted by molar-refractivity contribution is 5.94. The van der Waals surface area contributed by atoms with Gasteiger partial charge >= 0.3 is 5.97 Å². The number of aromatic nitrogens is 1. The Kier molecular flexibility index (Phi) is 3.99. The van der Waals surface area contributed by atoms with Crippen molar-refractivity contribution in [1.29, 1.82) is 0 Å². The summed E-state index contributed by atoms with van der Waals surface area (Å²) in [6.45, 7) is 4.29.